The maximum absolute atomic E-state index is 15.2. The molecular formula is C51H78O23. The number of allylic oxidation sites excluding steroid dienone is 2. The van der Waals surface area contributed by atoms with Crippen molar-refractivity contribution < 1.29 is 114 Å². The van der Waals surface area contributed by atoms with E-state index in [2.05, 4.69) is 26.8 Å². The summed E-state index contributed by atoms with van der Waals surface area (Å²) in [5.41, 5.74) is -4.22. The molecule has 0 aromatic heterocycles. The quantitative estimate of drug-likeness (QED) is 0.0649. The molecule has 3 saturated heterocycles. The Balaban J connectivity index is 1.11. The third-order valence-corrected chi connectivity index (χ3v) is 20.5. The zero-order chi connectivity index (χ0) is 54.7. The average molecular weight is 1060 g/mol. The largest absolute Gasteiger partial charge is 0.481 e. The molecule has 4 saturated carbocycles. The molecule has 7 fully saturated rings. The van der Waals surface area contributed by atoms with Crippen molar-refractivity contribution >= 4 is 23.9 Å². The number of rotatable bonds is 12. The minimum Gasteiger partial charge on any atom is -0.481 e. The van der Waals surface area contributed by atoms with E-state index in [1.54, 1.807) is 0 Å². The van der Waals surface area contributed by atoms with Crippen LogP contribution in [0.25, 0.3) is 0 Å². The Morgan fingerprint density at radius 2 is 1.23 bits per heavy atom. The molecule has 0 aromatic rings. The number of aliphatic hydroxyl groups excluding tert-OH is 10. The summed E-state index contributed by atoms with van der Waals surface area (Å²) in [7, 11) is 0. The van der Waals surface area contributed by atoms with Crippen LogP contribution < -0.4 is 0 Å². The number of carboxylic acids is 3. The van der Waals surface area contributed by atoms with E-state index >= 15 is 4.79 Å². The summed E-state index contributed by atoms with van der Waals surface area (Å²) in [5.74, 6) is -8.83. The van der Waals surface area contributed by atoms with Gasteiger partial charge in [-0.1, -0.05) is 60.1 Å². The molecule has 23 heteroatoms. The number of hydrogen-bond acceptors (Lipinski definition) is 20. The predicted octanol–water partition coefficient (Wildman–Crippen LogP) is -0.756. The lowest BCUT2D eigenvalue weighted by molar-refractivity contribution is -0.374. The minimum absolute atomic E-state index is 0.00974. The monoisotopic (exact) mass is 1060 g/mol. The van der Waals surface area contributed by atoms with Crippen molar-refractivity contribution in [2.24, 2.45) is 62.1 Å². The van der Waals surface area contributed by atoms with E-state index in [1.807, 2.05) is 27.7 Å². The number of esters is 1. The third kappa shape index (κ3) is 8.75. The van der Waals surface area contributed by atoms with Crippen molar-refractivity contribution in [3.8, 4) is 0 Å². The number of fused-ring (bicyclic) bond motifs is 7. The van der Waals surface area contributed by atoms with Gasteiger partial charge in [0, 0.05) is 6.42 Å². The first-order chi connectivity index (χ1) is 34.4. The van der Waals surface area contributed by atoms with Crippen LogP contribution in [0.15, 0.2) is 11.6 Å². The zero-order valence-corrected chi connectivity index (χ0v) is 42.9. The molecule has 420 valence electrons. The van der Waals surface area contributed by atoms with Gasteiger partial charge >= 0.3 is 23.9 Å². The van der Waals surface area contributed by atoms with Crippen molar-refractivity contribution in [3.05, 3.63) is 11.6 Å². The van der Waals surface area contributed by atoms with Gasteiger partial charge in [-0.05, 0) is 102 Å². The van der Waals surface area contributed by atoms with E-state index in [0.717, 1.165) is 5.57 Å². The van der Waals surface area contributed by atoms with Gasteiger partial charge in [0.05, 0.1) is 30.7 Å². The van der Waals surface area contributed by atoms with Crippen LogP contribution in [0, 0.1) is 62.1 Å². The maximum Gasteiger partial charge on any atom is 0.335 e. The lowest BCUT2D eigenvalue weighted by Crippen LogP contribution is -2.68. The Bertz CT molecular complexity index is 2170. The molecule has 25 atom stereocenters. The van der Waals surface area contributed by atoms with Crippen LogP contribution in [0.1, 0.15) is 106 Å². The number of carbonyl (C=O) groups is 4. The highest BCUT2D eigenvalue weighted by molar-refractivity contribution is 5.87. The molecule has 3 heterocycles. The molecule has 8 aliphatic rings. The summed E-state index contributed by atoms with van der Waals surface area (Å²) >= 11 is 0. The lowest BCUT2D eigenvalue weighted by atomic mass is 9.32. The second-order valence-electron chi connectivity index (χ2n) is 24.7. The molecule has 5 aliphatic carbocycles. The standard InChI is InChI=1S/C51H78O23/c1-46(2)17-22-20-8-9-26-48(5)12-11-27(71-44-39(35(61)34(60)38(72-44)41(66)67)73-42-36(62)32(58)30(56)23(18-52)69-42)47(3,4)25(48)10-13-50(26,7)49(20,6)14-15-51(22,29(40(64)65)21(46)16-28(54)55)45(68)74-43-37(63)33(59)31(57)24(19-53)70-43/h8,21-27,29-39,42-44,52-53,56-63H,9-19H2,1-7H3,(H,54,55)(H,64,65)(H,66,67)/t21-,22-,23+,24+,25-,26+,27-,29?,30+,31+,32-,33-,34-,35-,36+,37+,38-,39+,42-,43-,44+,48-,49+,50+,51-/m0/s1. The van der Waals surface area contributed by atoms with Crippen molar-refractivity contribution in [2.45, 2.75) is 204 Å². The van der Waals surface area contributed by atoms with E-state index in [9.17, 15) is 80.8 Å². The fourth-order valence-electron chi connectivity index (χ4n) is 16.3. The maximum atomic E-state index is 15.2. The first kappa shape index (κ1) is 57.2. The number of carboxylic acid groups (broad SMARTS) is 3. The first-order valence-corrected chi connectivity index (χ1v) is 25.9. The van der Waals surface area contributed by atoms with Gasteiger partial charge in [-0.2, -0.15) is 0 Å². The van der Waals surface area contributed by atoms with Crippen LogP contribution in [-0.4, -0.2) is 202 Å². The molecule has 0 amide bonds. The van der Waals surface area contributed by atoms with Crippen LogP contribution in [0.2, 0.25) is 0 Å². The van der Waals surface area contributed by atoms with Gasteiger partial charge < -0.3 is 94.8 Å². The molecule has 0 spiro atoms. The smallest absolute Gasteiger partial charge is 0.335 e. The van der Waals surface area contributed by atoms with Crippen molar-refractivity contribution in [1.29, 1.82) is 0 Å². The topological polar surface area (TPSA) is 387 Å². The SMILES string of the molecule is CC1(C)C[C@H]2C3=CC[C@@H]4[C@@]5(C)CC[C@H](O[C@@H]6O[C@H](C(=O)O)[C@@H](O)[C@H](O)[C@H]6O[C@@H]6O[C@H](CO)[C@@H](O)[C@H](O)[C@H]6O)C(C)(C)[C@@H]5CC[C@@]4(C)[C@]3(C)CC[C@@]2(C(=O)O[C@@H]2O[C@H](CO)[C@@H](O)[C@H](O)[C@H]2O)C(C(=O)O)[C@@H]1CC(=O)O. The van der Waals surface area contributed by atoms with Gasteiger partial charge in [-0.3, -0.25) is 14.4 Å². The van der Waals surface area contributed by atoms with E-state index in [4.69, 9.17) is 28.4 Å². The van der Waals surface area contributed by atoms with Crippen LogP contribution in [-0.2, 0) is 47.6 Å². The number of hydrogen-bond donors (Lipinski definition) is 13. The molecule has 13 N–H and O–H groups in total. The Morgan fingerprint density at radius 3 is 1.80 bits per heavy atom. The van der Waals surface area contributed by atoms with Gasteiger partial charge in [-0.15, -0.1) is 0 Å². The molecular weight excluding hydrogens is 981 g/mol. The Kier molecular flexibility index (Phi) is 15.5. The van der Waals surface area contributed by atoms with E-state index in [1.165, 1.54) is 0 Å². The van der Waals surface area contributed by atoms with Gasteiger partial charge in [0.2, 0.25) is 6.29 Å². The minimum atomic E-state index is -2.04. The molecule has 1 unspecified atom stereocenters. The van der Waals surface area contributed by atoms with E-state index in [-0.39, 0.29) is 31.1 Å². The first-order valence-electron chi connectivity index (χ1n) is 25.9. The zero-order valence-electron chi connectivity index (χ0n) is 42.9. The number of aliphatic carboxylic acids is 3. The molecule has 8 rings (SSSR count). The Hall–Kier alpha value is -2.98. The second-order valence-corrected chi connectivity index (χ2v) is 24.7. The third-order valence-electron chi connectivity index (χ3n) is 20.5. The normalized spacial score (nSPS) is 50.7. The molecule has 3 aliphatic heterocycles. The number of aliphatic hydroxyl groups is 10. The lowest BCUT2D eigenvalue weighted by Gasteiger charge is -2.72. The van der Waals surface area contributed by atoms with Crippen LogP contribution in [0.3, 0.4) is 0 Å². The summed E-state index contributed by atoms with van der Waals surface area (Å²) < 4.78 is 35.5. The average Bonchev–Trinajstić information content (AvgIpc) is 3.32. The summed E-state index contributed by atoms with van der Waals surface area (Å²) in [4.78, 5) is 53.9. The number of ether oxygens (including phenoxy) is 6. The molecule has 0 aromatic carbocycles. The van der Waals surface area contributed by atoms with E-state index in [0.29, 0.717) is 32.1 Å². The Labute approximate surface area is 428 Å². The van der Waals surface area contributed by atoms with Crippen LogP contribution in [0.4, 0.5) is 0 Å². The highest BCUT2D eigenvalue weighted by atomic mass is 16.8. The second kappa shape index (κ2) is 20.0. The van der Waals surface area contributed by atoms with Crippen LogP contribution >= 0.6 is 0 Å². The summed E-state index contributed by atoms with van der Waals surface area (Å²) in [5, 5.41) is 137. The predicted molar refractivity (Wildman–Crippen MR) is 248 cm³/mol. The van der Waals surface area contributed by atoms with Gasteiger partial charge in [0.1, 0.15) is 67.1 Å². The van der Waals surface area contributed by atoms with Crippen molar-refractivity contribution in [3.63, 3.8) is 0 Å². The van der Waals surface area contributed by atoms with Gasteiger partial charge in [0.25, 0.3) is 0 Å². The summed E-state index contributed by atoms with van der Waals surface area (Å²) in [6, 6.07) is 0. The van der Waals surface area contributed by atoms with Gasteiger partial charge in [-0.25, -0.2) is 4.79 Å². The Morgan fingerprint density at radius 1 is 0.635 bits per heavy atom. The molecule has 0 bridgehead atoms. The molecule has 74 heavy (non-hydrogen) atoms. The van der Waals surface area contributed by atoms with Crippen LogP contribution in [0.5, 0.6) is 0 Å². The highest BCUT2D eigenvalue weighted by Gasteiger charge is 2.74. The molecule has 0 radical (unpaired) electrons. The summed E-state index contributed by atoms with van der Waals surface area (Å²) in [6.07, 6.45) is -23.0. The van der Waals surface area contributed by atoms with Gasteiger partial charge in [0.15, 0.2) is 18.7 Å². The van der Waals surface area contributed by atoms with Crippen molar-refractivity contribution in [2.75, 3.05) is 13.2 Å². The fraction of sp³-hybridized carbons (Fsp3) is 0.882. The number of carbonyl (C=O) groups excluding carboxylic acids is 1. The van der Waals surface area contributed by atoms with Crippen molar-refractivity contribution in [1.82, 2.24) is 0 Å². The fourth-order valence-corrected chi connectivity index (χ4v) is 16.3. The summed E-state index contributed by atoms with van der Waals surface area (Å²) in [6.45, 7) is 12.7. The molecule has 23 nitrogen and oxygen atoms in total. The highest BCUT2D eigenvalue weighted by Crippen LogP contribution is 2.77. The van der Waals surface area contributed by atoms with E-state index < -0.39 is 192 Å².